The van der Waals surface area contributed by atoms with Gasteiger partial charge < -0.3 is 16.0 Å². The van der Waals surface area contributed by atoms with Gasteiger partial charge in [-0.15, -0.1) is 0 Å². The molecule has 0 aromatic heterocycles. The molecule has 4 rings (SSSR count). The van der Waals surface area contributed by atoms with E-state index in [0.29, 0.717) is 0 Å². The minimum Gasteiger partial charge on any atom is -0.330 e. The van der Waals surface area contributed by atoms with Crippen molar-refractivity contribution >= 4 is 35.7 Å². The molecule has 0 heterocycles. The summed E-state index contributed by atoms with van der Waals surface area (Å²) in [6.45, 7) is 7.37. The van der Waals surface area contributed by atoms with Crippen molar-refractivity contribution in [1.29, 1.82) is 0 Å². The topological polar surface area (TPSA) is 52.0 Å². The highest BCUT2D eigenvalue weighted by molar-refractivity contribution is 7.90. The number of unbranched alkanes of at least 4 members (excludes halogenated alkanes) is 11. The molecule has 0 fully saturated rings. The van der Waals surface area contributed by atoms with Crippen LogP contribution in [0.5, 0.6) is 0 Å². The molecule has 0 atom stereocenters. The third-order valence-electron chi connectivity index (χ3n) is 12.5. The summed E-state index contributed by atoms with van der Waals surface area (Å²) in [5.41, 5.74) is 12.0. The van der Waals surface area contributed by atoms with E-state index in [1.807, 2.05) is 0 Å². The number of hydrogen-bond acceptors (Lipinski definition) is 2. The van der Waals surface area contributed by atoms with Gasteiger partial charge in [-0.2, -0.15) is 0 Å². The summed E-state index contributed by atoms with van der Waals surface area (Å²) in [6.07, 6.45) is 26.4. The fourth-order valence-corrected chi connectivity index (χ4v) is 18.3. The molecule has 4 N–H and O–H groups in total. The van der Waals surface area contributed by atoms with Crippen LogP contribution in [0.2, 0.25) is 0 Å². The van der Waals surface area contributed by atoms with Crippen LogP contribution in [0.1, 0.15) is 110 Å². The molecular weight excluding hydrogens is 717 g/mol. The van der Waals surface area contributed by atoms with Gasteiger partial charge in [-0.1, -0.05) is 131 Å². The maximum absolute atomic E-state index is 5.99. The number of quaternary nitrogens is 1. The van der Waals surface area contributed by atoms with E-state index in [1.165, 1.54) is 121 Å². The third kappa shape index (κ3) is 14.8. The predicted octanol–water partition coefficient (Wildman–Crippen LogP) is 10.9. The molecule has 5 heteroatoms. The Morgan fingerprint density at radius 3 is 0.946 bits per heavy atom. The van der Waals surface area contributed by atoms with E-state index in [9.17, 15) is 0 Å². The van der Waals surface area contributed by atoms with Crippen LogP contribution in [0.4, 0.5) is 0 Å². The first-order valence-electron chi connectivity index (χ1n) is 22.7. The highest BCUT2D eigenvalue weighted by Gasteiger charge is 2.44. The quantitative estimate of drug-likeness (QED) is 0.0303. The Kier molecular flexibility index (Phi) is 22.0. The lowest BCUT2D eigenvalue weighted by Gasteiger charge is -2.35. The van der Waals surface area contributed by atoms with Crippen LogP contribution in [-0.2, 0) is 0 Å². The second kappa shape index (κ2) is 26.6. The standard InChI is InChI=1S/C51H80N3P2/c1-3-4-5-6-7-8-9-10-11-25-44-55(48-31-16-12-17-32-48,49-33-18-13-19-34-49)46-27-28-47-56(50-35-20-14-21-36-50,51-37-22-15-23-38-51)45-26-24-41-54(2,42-29-39-52)43-30-40-53/h12-23,31-38H,3-11,24-30,39-47,52-53H2,1-2H3/q+3. The summed E-state index contributed by atoms with van der Waals surface area (Å²) in [6, 6.07) is 46.8. The SMILES string of the molecule is CCCCCCCCCCCC[P+](CCCC[P+](CCCC[N+](C)(CCCN)CCCN)(c1ccccc1)c1ccccc1)(c1ccccc1)c1ccccc1. The summed E-state index contributed by atoms with van der Waals surface area (Å²) in [7, 11) is -0.767. The summed E-state index contributed by atoms with van der Waals surface area (Å²) < 4.78 is 1.10. The van der Waals surface area contributed by atoms with Gasteiger partial charge in [-0.05, 0) is 93.7 Å². The summed E-state index contributed by atoms with van der Waals surface area (Å²) >= 11 is 0. The van der Waals surface area contributed by atoms with Crippen LogP contribution >= 0.6 is 14.5 Å². The van der Waals surface area contributed by atoms with Crippen molar-refractivity contribution in [2.24, 2.45) is 11.5 Å². The van der Waals surface area contributed by atoms with Crippen LogP contribution in [0.25, 0.3) is 0 Å². The van der Waals surface area contributed by atoms with Gasteiger partial charge >= 0.3 is 0 Å². The van der Waals surface area contributed by atoms with Gasteiger partial charge in [-0.3, -0.25) is 0 Å². The molecule has 0 spiro atoms. The maximum Gasteiger partial charge on any atom is 0.0991 e. The zero-order valence-electron chi connectivity index (χ0n) is 35.7. The Morgan fingerprint density at radius 2 is 0.625 bits per heavy atom. The fourth-order valence-electron chi connectivity index (χ4n) is 9.20. The predicted molar refractivity (Wildman–Crippen MR) is 256 cm³/mol. The van der Waals surface area contributed by atoms with Gasteiger partial charge in [-0.25, -0.2) is 0 Å². The molecule has 0 unspecified atom stereocenters. The Hall–Kier alpha value is -2.38. The van der Waals surface area contributed by atoms with Crippen LogP contribution in [0, 0.1) is 0 Å². The molecule has 0 amide bonds. The average Bonchev–Trinajstić information content (AvgIpc) is 3.25. The van der Waals surface area contributed by atoms with Gasteiger partial charge in [0.25, 0.3) is 0 Å². The van der Waals surface area contributed by atoms with E-state index in [-0.39, 0.29) is 0 Å². The molecule has 0 aliphatic rings. The molecule has 4 aromatic carbocycles. The summed E-state index contributed by atoms with van der Waals surface area (Å²) in [5, 5.41) is 6.40. The third-order valence-corrected chi connectivity index (χ3v) is 22.0. The van der Waals surface area contributed by atoms with E-state index in [2.05, 4.69) is 135 Å². The van der Waals surface area contributed by atoms with Crippen LogP contribution in [0.15, 0.2) is 121 Å². The molecule has 0 radical (unpaired) electrons. The van der Waals surface area contributed by atoms with Crippen molar-refractivity contribution in [3.05, 3.63) is 121 Å². The van der Waals surface area contributed by atoms with Crippen LogP contribution in [0.3, 0.4) is 0 Å². The van der Waals surface area contributed by atoms with Crippen molar-refractivity contribution in [3.63, 3.8) is 0 Å². The lowest BCUT2D eigenvalue weighted by molar-refractivity contribution is -0.910. The second-order valence-corrected chi connectivity index (χ2v) is 24.6. The molecular formula is C51H80N3P2+3. The van der Waals surface area contributed by atoms with E-state index >= 15 is 0 Å². The first-order valence-corrected chi connectivity index (χ1v) is 27.0. The molecule has 0 bridgehead atoms. The lowest BCUT2D eigenvalue weighted by atomic mass is 10.1. The minimum atomic E-state index is -1.63. The van der Waals surface area contributed by atoms with E-state index in [0.717, 1.165) is 43.5 Å². The molecule has 3 nitrogen and oxygen atoms in total. The number of hydrogen-bond donors (Lipinski definition) is 2. The second-order valence-electron chi connectivity index (χ2n) is 16.8. The highest BCUT2D eigenvalue weighted by atomic mass is 31.2. The maximum atomic E-state index is 5.99. The fraction of sp³-hybridized carbons (Fsp3) is 0.529. The van der Waals surface area contributed by atoms with Crippen molar-refractivity contribution in [2.45, 2.75) is 110 Å². The molecule has 4 aromatic rings. The number of benzene rings is 4. The molecule has 306 valence electrons. The Balaban J connectivity index is 1.53. The zero-order chi connectivity index (χ0) is 39.6. The molecule has 56 heavy (non-hydrogen) atoms. The van der Waals surface area contributed by atoms with E-state index in [4.69, 9.17) is 11.5 Å². The van der Waals surface area contributed by atoms with Crippen molar-refractivity contribution < 1.29 is 4.48 Å². The Labute approximate surface area is 345 Å². The minimum absolute atomic E-state index is 0.768. The zero-order valence-corrected chi connectivity index (χ0v) is 37.5. The molecule has 0 aliphatic heterocycles. The van der Waals surface area contributed by atoms with Crippen LogP contribution < -0.4 is 32.7 Å². The van der Waals surface area contributed by atoms with Gasteiger partial charge in [0.05, 0.1) is 87.1 Å². The number of nitrogens with two attached hydrogens (primary N) is 2. The average molecular weight is 797 g/mol. The highest BCUT2D eigenvalue weighted by Crippen LogP contribution is 2.60. The summed E-state index contributed by atoms with van der Waals surface area (Å²) in [5.74, 6) is 0. The van der Waals surface area contributed by atoms with Crippen LogP contribution in [-0.4, -0.2) is 68.9 Å². The first-order chi connectivity index (χ1) is 27.5. The molecule has 0 aliphatic carbocycles. The first kappa shape index (κ1) is 46.3. The van der Waals surface area contributed by atoms with Crippen molar-refractivity contribution in [2.75, 3.05) is 64.4 Å². The monoisotopic (exact) mass is 797 g/mol. The van der Waals surface area contributed by atoms with Gasteiger partial charge in [0, 0.05) is 19.3 Å². The van der Waals surface area contributed by atoms with Gasteiger partial charge in [0.2, 0.25) is 0 Å². The Morgan fingerprint density at radius 1 is 0.357 bits per heavy atom. The molecule has 0 saturated heterocycles. The largest absolute Gasteiger partial charge is 0.330 e. The smallest absolute Gasteiger partial charge is 0.0991 e. The Bertz CT molecular complexity index is 1450. The molecule has 0 saturated carbocycles. The van der Waals surface area contributed by atoms with E-state index in [1.54, 1.807) is 21.2 Å². The van der Waals surface area contributed by atoms with E-state index < -0.39 is 14.5 Å². The van der Waals surface area contributed by atoms with Gasteiger partial charge in [0.1, 0.15) is 0 Å². The lowest BCUT2D eigenvalue weighted by Crippen LogP contribution is -2.47. The van der Waals surface area contributed by atoms with Gasteiger partial charge in [0.15, 0.2) is 0 Å². The normalized spacial score (nSPS) is 12.3. The summed E-state index contributed by atoms with van der Waals surface area (Å²) in [4.78, 5) is 0. The van der Waals surface area contributed by atoms with Crippen molar-refractivity contribution in [1.82, 2.24) is 0 Å². The number of nitrogens with zero attached hydrogens (tertiary/aromatic N) is 1. The number of rotatable bonds is 31. The van der Waals surface area contributed by atoms with Crippen molar-refractivity contribution in [3.8, 4) is 0 Å².